The first-order chi connectivity index (χ1) is 9.10. The fourth-order valence-electron chi connectivity index (χ4n) is 2.52. The third kappa shape index (κ3) is 3.44. The van der Waals surface area contributed by atoms with E-state index in [0.717, 1.165) is 31.1 Å². The number of hydrogen-bond donors (Lipinski definition) is 1. The van der Waals surface area contributed by atoms with Crippen LogP contribution in [0.5, 0.6) is 0 Å². The van der Waals surface area contributed by atoms with E-state index in [-0.39, 0.29) is 10.6 Å². The molecule has 0 radical (unpaired) electrons. The fraction of sp³-hybridized carbons (Fsp3) is 0.571. The molecule has 1 aliphatic heterocycles. The average molecular weight is 263 g/mol. The maximum absolute atomic E-state index is 11.0. The molecule has 1 saturated heterocycles. The SMILES string of the molecule is CNc1ccc(CN2CCC(C)CC2)cc1[N+](=O)[O-]. The molecular formula is C14H21N3O2. The van der Waals surface area contributed by atoms with E-state index in [1.54, 1.807) is 19.2 Å². The van der Waals surface area contributed by atoms with Crippen LogP contribution in [0.25, 0.3) is 0 Å². The van der Waals surface area contributed by atoms with Crippen LogP contribution in [0.4, 0.5) is 11.4 Å². The largest absolute Gasteiger partial charge is 0.383 e. The highest BCUT2D eigenvalue weighted by molar-refractivity contribution is 5.62. The molecule has 0 aromatic heterocycles. The van der Waals surface area contributed by atoms with Gasteiger partial charge in [-0.1, -0.05) is 13.0 Å². The summed E-state index contributed by atoms with van der Waals surface area (Å²) in [7, 11) is 1.70. The first-order valence-electron chi connectivity index (χ1n) is 6.77. The predicted octanol–water partition coefficient (Wildman–Crippen LogP) is 2.87. The maximum Gasteiger partial charge on any atom is 0.292 e. The minimum absolute atomic E-state index is 0.158. The van der Waals surface area contributed by atoms with Gasteiger partial charge in [-0.2, -0.15) is 0 Å². The molecule has 5 heteroatoms. The lowest BCUT2D eigenvalue weighted by Crippen LogP contribution is -2.32. The van der Waals surface area contributed by atoms with Crippen molar-refractivity contribution in [1.29, 1.82) is 0 Å². The van der Waals surface area contributed by atoms with Gasteiger partial charge in [-0.15, -0.1) is 0 Å². The highest BCUT2D eigenvalue weighted by Crippen LogP contribution is 2.26. The summed E-state index contributed by atoms with van der Waals surface area (Å²) in [6.45, 7) is 5.26. The van der Waals surface area contributed by atoms with E-state index in [9.17, 15) is 10.1 Å². The van der Waals surface area contributed by atoms with Crippen LogP contribution in [-0.2, 0) is 6.54 Å². The van der Waals surface area contributed by atoms with Gasteiger partial charge in [0.2, 0.25) is 0 Å². The number of nitro groups is 1. The van der Waals surface area contributed by atoms with Crippen LogP contribution in [0, 0.1) is 16.0 Å². The lowest BCUT2D eigenvalue weighted by Gasteiger charge is -2.30. The van der Waals surface area contributed by atoms with Gasteiger partial charge in [-0.25, -0.2) is 0 Å². The number of piperidine rings is 1. The van der Waals surface area contributed by atoms with Crippen LogP contribution in [-0.4, -0.2) is 30.0 Å². The van der Waals surface area contributed by atoms with Crippen molar-refractivity contribution in [3.05, 3.63) is 33.9 Å². The van der Waals surface area contributed by atoms with Crippen molar-refractivity contribution in [2.45, 2.75) is 26.3 Å². The molecule has 5 nitrogen and oxygen atoms in total. The monoisotopic (exact) mass is 263 g/mol. The second-order valence-corrected chi connectivity index (χ2v) is 5.32. The lowest BCUT2D eigenvalue weighted by molar-refractivity contribution is -0.384. The summed E-state index contributed by atoms with van der Waals surface area (Å²) in [4.78, 5) is 13.1. The first kappa shape index (κ1) is 13.8. The molecule has 1 heterocycles. The van der Waals surface area contributed by atoms with E-state index in [2.05, 4.69) is 17.1 Å². The standard InChI is InChI=1S/C14H21N3O2/c1-11-5-7-16(8-6-11)10-12-3-4-13(15-2)14(9-12)17(18)19/h3-4,9,11,15H,5-8,10H2,1-2H3. The molecule has 19 heavy (non-hydrogen) atoms. The topological polar surface area (TPSA) is 58.4 Å². The predicted molar refractivity (Wildman–Crippen MR) is 76.3 cm³/mol. The molecule has 0 saturated carbocycles. The summed E-state index contributed by atoms with van der Waals surface area (Å²) in [5.41, 5.74) is 1.74. The number of likely N-dealkylation sites (tertiary alicyclic amines) is 1. The number of hydrogen-bond acceptors (Lipinski definition) is 4. The summed E-state index contributed by atoms with van der Waals surface area (Å²) < 4.78 is 0. The van der Waals surface area contributed by atoms with Gasteiger partial charge in [0.1, 0.15) is 5.69 Å². The zero-order chi connectivity index (χ0) is 13.8. The minimum Gasteiger partial charge on any atom is -0.383 e. The number of benzene rings is 1. The third-order valence-electron chi connectivity index (χ3n) is 3.81. The zero-order valence-electron chi connectivity index (χ0n) is 11.6. The van der Waals surface area contributed by atoms with Gasteiger partial charge < -0.3 is 5.32 Å². The van der Waals surface area contributed by atoms with Crippen molar-refractivity contribution in [3.8, 4) is 0 Å². The molecule has 2 rings (SSSR count). The Bertz CT molecular complexity index is 454. The van der Waals surface area contributed by atoms with Crippen molar-refractivity contribution in [3.63, 3.8) is 0 Å². The number of nitro benzene ring substituents is 1. The summed E-state index contributed by atoms with van der Waals surface area (Å²) in [6.07, 6.45) is 2.44. The smallest absolute Gasteiger partial charge is 0.292 e. The van der Waals surface area contributed by atoms with E-state index < -0.39 is 0 Å². The number of anilines is 1. The molecule has 0 atom stereocenters. The second-order valence-electron chi connectivity index (χ2n) is 5.32. The van der Waals surface area contributed by atoms with Gasteiger partial charge in [0.25, 0.3) is 5.69 Å². The molecule has 0 bridgehead atoms. The summed E-state index contributed by atoms with van der Waals surface area (Å²) in [5.74, 6) is 0.803. The first-order valence-corrected chi connectivity index (χ1v) is 6.77. The van der Waals surface area contributed by atoms with Gasteiger partial charge >= 0.3 is 0 Å². The minimum atomic E-state index is -0.326. The Morgan fingerprint density at radius 2 is 2.11 bits per heavy atom. The normalized spacial score (nSPS) is 17.4. The molecule has 0 unspecified atom stereocenters. The van der Waals surface area contributed by atoms with Crippen LogP contribution < -0.4 is 5.32 Å². The second kappa shape index (κ2) is 6.02. The molecule has 1 aliphatic rings. The molecule has 1 aromatic carbocycles. The average Bonchev–Trinajstić information content (AvgIpc) is 2.41. The summed E-state index contributed by atoms with van der Waals surface area (Å²) in [5, 5.41) is 13.9. The Labute approximate surface area is 113 Å². The molecular weight excluding hydrogens is 242 g/mol. The molecule has 1 fully saturated rings. The van der Waals surface area contributed by atoms with Gasteiger partial charge in [-0.05, 0) is 43.5 Å². The third-order valence-corrected chi connectivity index (χ3v) is 3.81. The highest BCUT2D eigenvalue weighted by atomic mass is 16.6. The fourth-order valence-corrected chi connectivity index (χ4v) is 2.52. The Kier molecular flexibility index (Phi) is 4.37. The van der Waals surface area contributed by atoms with Crippen molar-refractivity contribution in [2.75, 3.05) is 25.5 Å². The van der Waals surface area contributed by atoms with Crippen LogP contribution in [0.2, 0.25) is 0 Å². The summed E-state index contributed by atoms with van der Waals surface area (Å²) in [6, 6.07) is 5.45. The van der Waals surface area contributed by atoms with E-state index in [4.69, 9.17) is 0 Å². The van der Waals surface area contributed by atoms with Crippen molar-refractivity contribution in [2.24, 2.45) is 5.92 Å². The van der Waals surface area contributed by atoms with Gasteiger partial charge in [0.05, 0.1) is 4.92 Å². The Balaban J connectivity index is 2.08. The van der Waals surface area contributed by atoms with E-state index in [1.165, 1.54) is 12.8 Å². The molecule has 104 valence electrons. The van der Waals surface area contributed by atoms with E-state index in [1.807, 2.05) is 6.07 Å². The summed E-state index contributed by atoms with van der Waals surface area (Å²) >= 11 is 0. The molecule has 0 aliphatic carbocycles. The van der Waals surface area contributed by atoms with E-state index in [0.29, 0.717) is 5.69 Å². The van der Waals surface area contributed by atoms with Crippen LogP contribution in [0.15, 0.2) is 18.2 Å². The van der Waals surface area contributed by atoms with Gasteiger partial charge in [0, 0.05) is 19.7 Å². The lowest BCUT2D eigenvalue weighted by atomic mass is 9.99. The maximum atomic E-state index is 11.0. The number of rotatable bonds is 4. The van der Waals surface area contributed by atoms with Gasteiger partial charge in [0.15, 0.2) is 0 Å². The van der Waals surface area contributed by atoms with Crippen LogP contribution >= 0.6 is 0 Å². The van der Waals surface area contributed by atoms with Crippen molar-refractivity contribution < 1.29 is 4.92 Å². The Hall–Kier alpha value is -1.62. The van der Waals surface area contributed by atoms with Gasteiger partial charge in [-0.3, -0.25) is 15.0 Å². The molecule has 0 spiro atoms. The molecule has 0 amide bonds. The van der Waals surface area contributed by atoms with Crippen molar-refractivity contribution >= 4 is 11.4 Å². The van der Waals surface area contributed by atoms with Crippen LogP contribution in [0.3, 0.4) is 0 Å². The molecule has 1 N–H and O–H groups in total. The van der Waals surface area contributed by atoms with Crippen LogP contribution in [0.1, 0.15) is 25.3 Å². The Morgan fingerprint density at radius 1 is 1.42 bits per heavy atom. The molecule has 1 aromatic rings. The van der Waals surface area contributed by atoms with E-state index >= 15 is 0 Å². The quantitative estimate of drug-likeness (QED) is 0.670. The van der Waals surface area contributed by atoms with Crippen molar-refractivity contribution in [1.82, 2.24) is 4.90 Å². The highest BCUT2D eigenvalue weighted by Gasteiger charge is 2.18. The number of nitrogens with one attached hydrogen (secondary N) is 1. The number of nitrogens with zero attached hydrogens (tertiary/aromatic N) is 2. The zero-order valence-corrected chi connectivity index (χ0v) is 11.6. The Morgan fingerprint density at radius 3 is 2.68 bits per heavy atom.